The largest absolute Gasteiger partial charge is 0.455 e. The van der Waals surface area contributed by atoms with Crippen LogP contribution in [0.2, 0.25) is 0 Å². The number of nitrogens with zero attached hydrogens (tertiary/aromatic N) is 2. The second-order valence-corrected chi connectivity index (χ2v) is 14.5. The zero-order valence-electron chi connectivity index (χ0n) is 31.1. The van der Waals surface area contributed by atoms with Crippen molar-refractivity contribution in [3.8, 4) is 39.1 Å². The Kier molecular flexibility index (Phi) is 7.82. The number of rotatable bonds is 7. The molecule has 0 radical (unpaired) electrons. The molecule has 0 spiro atoms. The Morgan fingerprint density at radius 2 is 0.895 bits per heavy atom. The summed E-state index contributed by atoms with van der Waals surface area (Å²) in [6.45, 7) is 0. The molecule has 0 aliphatic rings. The number of fused-ring (bicyclic) bond motifs is 6. The molecule has 0 bridgehead atoms. The van der Waals surface area contributed by atoms with E-state index in [2.05, 4.69) is 222 Å². The lowest BCUT2D eigenvalue weighted by Gasteiger charge is -2.27. The predicted octanol–water partition coefficient (Wildman–Crippen LogP) is 15.2. The molecule has 9 aromatic carbocycles. The second kappa shape index (κ2) is 13.6. The van der Waals surface area contributed by atoms with E-state index in [9.17, 15) is 0 Å². The fraction of sp³-hybridized carbons (Fsp3) is 0. The van der Waals surface area contributed by atoms with Crippen LogP contribution in [-0.4, -0.2) is 4.57 Å². The lowest BCUT2D eigenvalue weighted by Crippen LogP contribution is -2.10. The van der Waals surface area contributed by atoms with Gasteiger partial charge in [0.15, 0.2) is 0 Å². The van der Waals surface area contributed by atoms with Crippen molar-refractivity contribution in [2.75, 3.05) is 4.90 Å². The van der Waals surface area contributed by atoms with Gasteiger partial charge in [-0.15, -0.1) is 0 Å². The van der Waals surface area contributed by atoms with Crippen LogP contribution in [0.15, 0.2) is 223 Å². The van der Waals surface area contributed by atoms with Crippen molar-refractivity contribution in [3.63, 3.8) is 0 Å². The van der Waals surface area contributed by atoms with Crippen LogP contribution in [-0.2, 0) is 0 Å². The minimum absolute atomic E-state index is 0.866. The van der Waals surface area contributed by atoms with Crippen LogP contribution in [0.25, 0.3) is 82.8 Å². The van der Waals surface area contributed by atoms with Gasteiger partial charge in [-0.3, -0.25) is 0 Å². The summed E-state index contributed by atoms with van der Waals surface area (Å²) in [5.74, 6) is 0. The van der Waals surface area contributed by atoms with E-state index in [1.54, 1.807) is 0 Å². The maximum atomic E-state index is 6.81. The van der Waals surface area contributed by atoms with Gasteiger partial charge in [0.25, 0.3) is 0 Å². The van der Waals surface area contributed by atoms with Gasteiger partial charge >= 0.3 is 0 Å². The van der Waals surface area contributed by atoms with Crippen molar-refractivity contribution >= 4 is 60.8 Å². The third kappa shape index (κ3) is 5.60. The van der Waals surface area contributed by atoms with Gasteiger partial charge in [0.2, 0.25) is 0 Å². The normalized spacial score (nSPS) is 11.5. The summed E-state index contributed by atoms with van der Waals surface area (Å²) in [5.41, 5.74) is 15.4. The van der Waals surface area contributed by atoms with Gasteiger partial charge in [-0.2, -0.15) is 0 Å². The number of anilines is 3. The molecule has 57 heavy (non-hydrogen) atoms. The summed E-state index contributed by atoms with van der Waals surface area (Å²) in [4.78, 5) is 2.35. The number of benzene rings is 9. The molecule has 0 unspecified atom stereocenters. The van der Waals surface area contributed by atoms with Gasteiger partial charge in [-0.05, 0) is 101 Å². The molecule has 3 nitrogen and oxygen atoms in total. The Labute approximate surface area is 330 Å². The summed E-state index contributed by atoms with van der Waals surface area (Å²) >= 11 is 0. The Morgan fingerprint density at radius 3 is 1.58 bits per heavy atom. The quantitative estimate of drug-likeness (QED) is 0.163. The highest BCUT2D eigenvalue weighted by molar-refractivity contribution is 6.17. The lowest BCUT2D eigenvalue weighted by molar-refractivity contribution is 0.670. The van der Waals surface area contributed by atoms with Crippen molar-refractivity contribution in [2.45, 2.75) is 0 Å². The minimum atomic E-state index is 0.866. The molecule has 0 amide bonds. The number of hydrogen-bond donors (Lipinski definition) is 0. The van der Waals surface area contributed by atoms with E-state index < -0.39 is 0 Å². The monoisotopic (exact) mass is 728 g/mol. The molecule has 0 atom stereocenters. The molecule has 0 aliphatic heterocycles. The van der Waals surface area contributed by atoms with E-state index in [1.807, 2.05) is 6.07 Å². The summed E-state index contributed by atoms with van der Waals surface area (Å²) < 4.78 is 9.17. The van der Waals surface area contributed by atoms with E-state index in [1.165, 1.54) is 44.1 Å². The molecule has 0 saturated carbocycles. The lowest BCUT2D eigenvalue weighted by atomic mass is 9.98. The SMILES string of the molecule is c1ccc(-c2cccc(-c3ccc(N(c4ccccc4)c4ccc(-c5ccc(-n6c7ccccc7c7ccccc76)cc5)c5oc6ccccc6c45)cc3)c2)cc1. The number of aromatic nitrogens is 1. The molecule has 11 rings (SSSR count). The molecule has 0 N–H and O–H groups in total. The third-order valence-electron chi connectivity index (χ3n) is 11.2. The van der Waals surface area contributed by atoms with Gasteiger partial charge in [-0.25, -0.2) is 0 Å². The van der Waals surface area contributed by atoms with Crippen LogP contribution in [0.4, 0.5) is 17.1 Å². The summed E-state index contributed by atoms with van der Waals surface area (Å²) in [7, 11) is 0. The fourth-order valence-corrected chi connectivity index (χ4v) is 8.53. The molecule has 11 aromatic rings. The first kappa shape index (κ1) is 32.8. The smallest absolute Gasteiger partial charge is 0.145 e. The first-order valence-electron chi connectivity index (χ1n) is 19.4. The summed E-state index contributed by atoms with van der Waals surface area (Å²) in [5, 5.41) is 4.68. The first-order chi connectivity index (χ1) is 28.3. The first-order valence-corrected chi connectivity index (χ1v) is 19.4. The number of hydrogen-bond acceptors (Lipinski definition) is 2. The zero-order valence-corrected chi connectivity index (χ0v) is 31.1. The Balaban J connectivity index is 1.03. The van der Waals surface area contributed by atoms with Gasteiger partial charge in [-0.1, -0.05) is 146 Å². The fourth-order valence-electron chi connectivity index (χ4n) is 8.53. The maximum absolute atomic E-state index is 6.81. The van der Waals surface area contributed by atoms with E-state index in [0.29, 0.717) is 0 Å². The highest BCUT2D eigenvalue weighted by Crippen LogP contribution is 2.46. The Hall–Kier alpha value is -7.62. The van der Waals surface area contributed by atoms with Crippen LogP contribution in [0.1, 0.15) is 0 Å². The standard InChI is InChI=1S/C54H36N2O/c1-3-14-37(15-4-1)40-16-13-17-41(36-40)38-26-30-43(31-27-38)55(42-18-5-2-6-19-42)51-35-34-45(54-53(51)48-22-9-12-25-52(48)57-54)39-28-32-44(33-29-39)56-49-23-10-7-20-46(49)47-21-8-11-24-50(47)56/h1-36H. The van der Waals surface area contributed by atoms with Crippen LogP contribution >= 0.6 is 0 Å². The van der Waals surface area contributed by atoms with E-state index >= 15 is 0 Å². The molecule has 0 aliphatic carbocycles. The van der Waals surface area contributed by atoms with Crippen LogP contribution < -0.4 is 4.90 Å². The molecular weight excluding hydrogens is 693 g/mol. The van der Waals surface area contributed by atoms with Crippen molar-refractivity contribution < 1.29 is 4.42 Å². The van der Waals surface area contributed by atoms with Crippen molar-refractivity contribution in [2.24, 2.45) is 0 Å². The molecule has 3 heteroatoms. The Morgan fingerprint density at radius 1 is 0.368 bits per heavy atom. The minimum Gasteiger partial charge on any atom is -0.455 e. The Bertz CT molecular complexity index is 3160. The van der Waals surface area contributed by atoms with Crippen molar-refractivity contribution in [1.29, 1.82) is 0 Å². The molecular formula is C54H36N2O. The van der Waals surface area contributed by atoms with Gasteiger partial charge in [0.05, 0.1) is 22.1 Å². The predicted molar refractivity (Wildman–Crippen MR) is 239 cm³/mol. The highest BCUT2D eigenvalue weighted by Gasteiger charge is 2.22. The highest BCUT2D eigenvalue weighted by atomic mass is 16.3. The summed E-state index contributed by atoms with van der Waals surface area (Å²) in [6.07, 6.45) is 0. The van der Waals surface area contributed by atoms with Gasteiger partial charge in [0.1, 0.15) is 11.2 Å². The van der Waals surface area contributed by atoms with Crippen LogP contribution in [0.3, 0.4) is 0 Å². The van der Waals surface area contributed by atoms with Crippen molar-refractivity contribution in [3.05, 3.63) is 218 Å². The molecule has 2 heterocycles. The third-order valence-corrected chi connectivity index (χ3v) is 11.2. The van der Waals surface area contributed by atoms with Crippen LogP contribution in [0, 0.1) is 0 Å². The topological polar surface area (TPSA) is 21.3 Å². The van der Waals surface area contributed by atoms with Gasteiger partial charge in [0, 0.05) is 38.8 Å². The van der Waals surface area contributed by atoms with E-state index in [-0.39, 0.29) is 0 Å². The van der Waals surface area contributed by atoms with Crippen LogP contribution in [0.5, 0.6) is 0 Å². The number of furan rings is 1. The summed E-state index contributed by atoms with van der Waals surface area (Å²) in [6, 6.07) is 77.9. The van der Waals surface area contributed by atoms with Gasteiger partial charge < -0.3 is 13.9 Å². The van der Waals surface area contributed by atoms with Crippen molar-refractivity contribution in [1.82, 2.24) is 4.57 Å². The zero-order chi connectivity index (χ0) is 37.7. The average Bonchev–Trinajstić information content (AvgIpc) is 3.85. The molecule has 0 fully saturated rings. The second-order valence-electron chi connectivity index (χ2n) is 14.5. The maximum Gasteiger partial charge on any atom is 0.145 e. The molecule has 0 saturated heterocycles. The molecule has 2 aromatic heterocycles. The molecule has 268 valence electrons. The average molecular weight is 729 g/mol. The van der Waals surface area contributed by atoms with E-state index in [4.69, 9.17) is 4.42 Å². The number of para-hydroxylation sites is 4. The van der Waals surface area contributed by atoms with E-state index in [0.717, 1.165) is 55.8 Å².